The van der Waals surface area contributed by atoms with Gasteiger partial charge in [0.25, 0.3) is 17.0 Å². The Bertz CT molecular complexity index is 1660. The maximum Gasteiger partial charge on any atom is 0.359 e. The molecule has 2 aromatic heterocycles. The lowest BCUT2D eigenvalue weighted by Crippen LogP contribution is -2.44. The highest BCUT2D eigenvalue weighted by Crippen LogP contribution is 2.19. The lowest BCUT2D eigenvalue weighted by molar-refractivity contribution is -0.121. The summed E-state index contributed by atoms with van der Waals surface area (Å²) >= 11 is 0. The summed E-state index contributed by atoms with van der Waals surface area (Å²) < 4.78 is 11.4. The molecule has 0 saturated carbocycles. The number of hydrogen-bond acceptors (Lipinski definition) is 9. The van der Waals surface area contributed by atoms with Gasteiger partial charge in [0, 0.05) is 19.0 Å². The van der Waals surface area contributed by atoms with E-state index >= 15 is 0 Å². The fraction of sp³-hybridized carbons (Fsp3) is 0.200. The van der Waals surface area contributed by atoms with E-state index in [0.29, 0.717) is 0 Å². The van der Waals surface area contributed by atoms with E-state index in [0.717, 1.165) is 15.0 Å². The average molecular weight is 521 g/mol. The molecule has 196 valence electrons. The molecule has 0 saturated heterocycles. The maximum atomic E-state index is 13.2. The Morgan fingerprint density at radius 3 is 2.39 bits per heavy atom. The number of H-pyrrole nitrogens is 2. The number of rotatable bonds is 9. The fourth-order valence-electron chi connectivity index (χ4n) is 3.85. The van der Waals surface area contributed by atoms with Crippen molar-refractivity contribution in [2.45, 2.75) is 6.54 Å². The van der Waals surface area contributed by atoms with Crippen molar-refractivity contribution in [1.82, 2.24) is 19.7 Å². The summed E-state index contributed by atoms with van der Waals surface area (Å²) in [6.07, 6.45) is 0. The van der Waals surface area contributed by atoms with E-state index in [9.17, 15) is 24.0 Å². The van der Waals surface area contributed by atoms with Crippen LogP contribution in [-0.4, -0.2) is 58.5 Å². The number of nitrogens with zero attached hydrogens (tertiary/aromatic N) is 3. The summed E-state index contributed by atoms with van der Waals surface area (Å²) in [6, 6.07) is 15.2. The number of aromatic amines is 2. The minimum absolute atomic E-state index is 0.0164. The topological polar surface area (TPSA) is 182 Å². The van der Waals surface area contributed by atoms with Crippen LogP contribution in [-0.2, 0) is 20.8 Å². The molecule has 4 aromatic rings. The maximum absolute atomic E-state index is 13.2. The summed E-state index contributed by atoms with van der Waals surface area (Å²) in [6.45, 7) is -0.845. The molecule has 0 bridgehead atoms. The van der Waals surface area contributed by atoms with Crippen LogP contribution in [0.4, 0.5) is 11.5 Å². The van der Waals surface area contributed by atoms with Crippen molar-refractivity contribution in [3.05, 3.63) is 97.0 Å². The van der Waals surface area contributed by atoms with Crippen LogP contribution < -0.4 is 27.4 Å². The smallest absolute Gasteiger partial charge is 0.359 e. The van der Waals surface area contributed by atoms with Crippen LogP contribution in [0.1, 0.15) is 16.1 Å². The minimum Gasteiger partial charge on any atom is -0.451 e. The Kier molecular flexibility index (Phi) is 7.77. The van der Waals surface area contributed by atoms with Crippen LogP contribution in [0.3, 0.4) is 0 Å². The van der Waals surface area contributed by atoms with Gasteiger partial charge in [0.05, 0.1) is 18.5 Å². The number of fused-ring (bicyclic) bond motifs is 1. The number of methoxy groups -OCH3 is 1. The van der Waals surface area contributed by atoms with Gasteiger partial charge in [0.2, 0.25) is 0 Å². The largest absolute Gasteiger partial charge is 0.451 e. The Morgan fingerprint density at radius 2 is 1.68 bits per heavy atom. The van der Waals surface area contributed by atoms with Crippen LogP contribution in [0.2, 0.25) is 0 Å². The predicted octanol–water partition coefficient (Wildman–Crippen LogP) is 0.240. The number of esters is 1. The van der Waals surface area contributed by atoms with Crippen LogP contribution in [0.15, 0.2) is 69.0 Å². The van der Waals surface area contributed by atoms with Crippen LogP contribution in [0, 0.1) is 0 Å². The van der Waals surface area contributed by atoms with E-state index in [1.54, 1.807) is 36.4 Å². The number of carbonyl (C=O) groups is 2. The lowest BCUT2D eigenvalue weighted by Gasteiger charge is -2.24. The van der Waals surface area contributed by atoms with E-state index in [1.807, 2.05) is 6.07 Å². The number of nitrogens with two attached hydrogens (primary N) is 1. The standard InChI is InChI=1S/C25H24N6O7/c1-37-12-11-30(20-21(26)31(25(36)27-23(20)34)13-15-7-3-2-4-8-15)18(32)14-38-24(35)19-16-9-5-6-10-17(16)22(33)29-28-19/h2-10H,11-14,26H2,1H3,(H,29,33)(H,27,34,36). The predicted molar refractivity (Wildman–Crippen MR) is 138 cm³/mol. The zero-order valence-corrected chi connectivity index (χ0v) is 20.3. The SMILES string of the molecule is COCCN(C(=O)COC(=O)c1n[nH]c(=O)c2ccccc12)c1c(N)n(Cc2ccccc2)c(=O)[nH]c1=O. The Morgan fingerprint density at radius 1 is 1.00 bits per heavy atom. The number of nitrogens with one attached hydrogen (secondary N) is 2. The minimum atomic E-state index is -0.964. The van der Waals surface area contributed by atoms with Crippen molar-refractivity contribution in [2.24, 2.45) is 0 Å². The van der Waals surface area contributed by atoms with Crippen molar-refractivity contribution in [3.8, 4) is 0 Å². The van der Waals surface area contributed by atoms with Crippen molar-refractivity contribution in [3.63, 3.8) is 0 Å². The molecule has 2 heterocycles. The van der Waals surface area contributed by atoms with Gasteiger partial charge >= 0.3 is 11.7 Å². The summed E-state index contributed by atoms with van der Waals surface area (Å²) in [4.78, 5) is 66.4. The normalized spacial score (nSPS) is 10.9. The first-order valence-electron chi connectivity index (χ1n) is 11.4. The van der Waals surface area contributed by atoms with E-state index in [2.05, 4.69) is 15.2 Å². The molecule has 0 aliphatic heterocycles. The van der Waals surface area contributed by atoms with Gasteiger partial charge in [-0.1, -0.05) is 48.5 Å². The van der Waals surface area contributed by atoms with E-state index in [-0.39, 0.29) is 47.7 Å². The molecule has 4 rings (SSSR count). The van der Waals surface area contributed by atoms with Crippen LogP contribution >= 0.6 is 0 Å². The number of nitrogen functional groups attached to an aromatic ring is 1. The van der Waals surface area contributed by atoms with Crippen molar-refractivity contribution in [1.29, 1.82) is 0 Å². The molecular weight excluding hydrogens is 496 g/mol. The monoisotopic (exact) mass is 520 g/mol. The molecule has 0 radical (unpaired) electrons. The van der Waals surface area contributed by atoms with Crippen molar-refractivity contribution < 1.29 is 19.1 Å². The molecule has 1 amide bonds. The van der Waals surface area contributed by atoms with Gasteiger partial charge in [0.15, 0.2) is 18.0 Å². The van der Waals surface area contributed by atoms with Gasteiger partial charge < -0.3 is 15.2 Å². The highest BCUT2D eigenvalue weighted by Gasteiger charge is 2.26. The number of hydrogen-bond donors (Lipinski definition) is 3. The lowest BCUT2D eigenvalue weighted by atomic mass is 10.1. The Balaban J connectivity index is 1.62. The zero-order valence-electron chi connectivity index (χ0n) is 20.3. The molecule has 0 atom stereocenters. The fourth-order valence-corrected chi connectivity index (χ4v) is 3.85. The Labute approximate surface area is 214 Å². The highest BCUT2D eigenvalue weighted by molar-refractivity contribution is 6.03. The molecule has 13 heteroatoms. The van der Waals surface area contributed by atoms with Gasteiger partial charge in [-0.3, -0.25) is 28.8 Å². The molecule has 4 N–H and O–H groups in total. The number of benzene rings is 2. The quantitative estimate of drug-likeness (QED) is 0.260. The third kappa shape index (κ3) is 5.37. The summed E-state index contributed by atoms with van der Waals surface area (Å²) in [5.74, 6) is -2.01. The first-order chi connectivity index (χ1) is 18.3. The number of ether oxygens (including phenoxy) is 2. The first-order valence-corrected chi connectivity index (χ1v) is 11.4. The second-order valence-electron chi connectivity index (χ2n) is 8.13. The molecule has 0 spiro atoms. The van der Waals surface area contributed by atoms with Crippen molar-refractivity contribution in [2.75, 3.05) is 37.5 Å². The average Bonchev–Trinajstić information content (AvgIpc) is 2.92. The molecule has 38 heavy (non-hydrogen) atoms. The van der Waals surface area contributed by atoms with E-state index in [1.165, 1.54) is 19.2 Å². The molecular formula is C25H24N6O7. The molecule has 0 unspecified atom stereocenters. The van der Waals surface area contributed by atoms with Gasteiger partial charge in [0.1, 0.15) is 5.82 Å². The summed E-state index contributed by atoms with van der Waals surface area (Å²) in [5, 5.41) is 6.45. The van der Waals surface area contributed by atoms with Gasteiger partial charge in [-0.15, -0.1) is 0 Å². The number of aromatic nitrogens is 4. The summed E-state index contributed by atoms with van der Waals surface area (Å²) in [7, 11) is 1.40. The second-order valence-corrected chi connectivity index (χ2v) is 8.13. The first kappa shape index (κ1) is 26.0. The zero-order chi connectivity index (χ0) is 27.2. The third-order valence-electron chi connectivity index (χ3n) is 5.70. The van der Waals surface area contributed by atoms with Crippen LogP contribution in [0.5, 0.6) is 0 Å². The van der Waals surface area contributed by atoms with Crippen molar-refractivity contribution >= 4 is 34.2 Å². The molecule has 0 fully saturated rings. The number of carbonyl (C=O) groups excluding carboxylic acids is 2. The van der Waals surface area contributed by atoms with E-state index < -0.39 is 35.3 Å². The number of anilines is 2. The summed E-state index contributed by atoms with van der Waals surface area (Å²) in [5.41, 5.74) is 4.36. The van der Waals surface area contributed by atoms with E-state index in [4.69, 9.17) is 15.2 Å². The molecule has 0 aliphatic carbocycles. The second kappa shape index (κ2) is 11.3. The van der Waals surface area contributed by atoms with Gasteiger partial charge in [-0.25, -0.2) is 14.7 Å². The molecule has 2 aromatic carbocycles. The highest BCUT2D eigenvalue weighted by atomic mass is 16.5. The van der Waals surface area contributed by atoms with Gasteiger partial charge in [-0.05, 0) is 11.6 Å². The number of amides is 1. The third-order valence-corrected chi connectivity index (χ3v) is 5.70. The molecule has 0 aliphatic rings. The van der Waals surface area contributed by atoms with Crippen LogP contribution in [0.25, 0.3) is 10.8 Å². The Hall–Kier alpha value is -5.04. The van der Waals surface area contributed by atoms with Gasteiger partial charge in [-0.2, -0.15) is 5.10 Å². The molecule has 13 nitrogen and oxygen atoms in total.